The molecule has 3 N–H and O–H groups in total. The number of nitrogens with one attached hydrogen (secondary N) is 1. The predicted molar refractivity (Wildman–Crippen MR) is 236 cm³/mol. The summed E-state index contributed by atoms with van der Waals surface area (Å²) in [5.74, 6) is 1.50. The molecule has 0 saturated carbocycles. The summed E-state index contributed by atoms with van der Waals surface area (Å²) in [4.78, 5) is 14.4. The Morgan fingerprint density at radius 3 is 2.32 bits per heavy atom. The predicted octanol–water partition coefficient (Wildman–Crippen LogP) is 12.6. The average Bonchev–Trinajstić information content (AvgIpc) is 3.83. The molecule has 0 amide bonds. The first-order valence-corrected chi connectivity index (χ1v) is 20.0. The molecule has 2 heterocycles. The van der Waals surface area contributed by atoms with E-state index in [1.807, 2.05) is 29.6 Å². The minimum Gasteiger partial charge on any atom is -0.383 e. The van der Waals surface area contributed by atoms with Crippen LogP contribution in [0.4, 0.5) is 0 Å². The van der Waals surface area contributed by atoms with Crippen molar-refractivity contribution < 1.29 is 0 Å². The van der Waals surface area contributed by atoms with Gasteiger partial charge in [-0.05, 0) is 78.6 Å². The monoisotopic (exact) mass is 743 g/mol. The van der Waals surface area contributed by atoms with Crippen LogP contribution in [-0.4, -0.2) is 21.6 Å². The fourth-order valence-corrected chi connectivity index (χ4v) is 8.95. The molecule has 0 spiro atoms. The van der Waals surface area contributed by atoms with Gasteiger partial charge < -0.3 is 5.73 Å². The summed E-state index contributed by atoms with van der Waals surface area (Å²) in [6.07, 6.45) is 16.9. The second-order valence-corrected chi connectivity index (χ2v) is 15.5. The number of aliphatic imine (C=N–C) groups is 1. The van der Waals surface area contributed by atoms with Gasteiger partial charge in [0.25, 0.3) is 0 Å². The molecule has 272 valence electrons. The second-order valence-electron chi connectivity index (χ2n) is 14.4. The van der Waals surface area contributed by atoms with Crippen molar-refractivity contribution in [3.63, 3.8) is 0 Å². The molecule has 0 atom stereocenters. The average molecular weight is 744 g/mol. The highest BCUT2D eigenvalue weighted by atomic mass is 32.1. The van der Waals surface area contributed by atoms with E-state index in [1.54, 1.807) is 0 Å². The molecule has 5 aromatic carbocycles. The second kappa shape index (κ2) is 15.3. The smallest absolute Gasteiger partial charge is 0.160 e. The standard InChI is InChI=1S/C36H24N2S.C14H17N3/c1-22-8-7-13-32-33(22)29-20-26(18-19-31(29)39-32)23-14-16-25(17-15-23)36-37-34(24-9-3-2-4-10-24)30-21-27-11-5-6-12-28(27)35(30)38-36;15-13(11-7-3-1-4-8-11)17-14(16)12-9-5-2-6-10-12/h2-20H,21H2,1H3;1,3,5,7,9-10H,2,4,6,8H2,(H3,15,16,17). The first kappa shape index (κ1) is 35.2. The summed E-state index contributed by atoms with van der Waals surface area (Å²) in [6, 6.07) is 41.2. The highest BCUT2D eigenvalue weighted by Crippen LogP contribution is 2.42. The summed E-state index contributed by atoms with van der Waals surface area (Å²) < 4.78 is 2.68. The number of amidine groups is 2. The van der Waals surface area contributed by atoms with Crippen LogP contribution in [0.25, 0.3) is 65.2 Å². The Labute approximate surface area is 331 Å². The van der Waals surface area contributed by atoms with Crippen LogP contribution < -0.4 is 5.73 Å². The first-order chi connectivity index (χ1) is 27.5. The number of aryl methyl sites for hydroxylation is 1. The zero-order chi connectivity index (χ0) is 38.0. The number of fused-ring (bicyclic) bond motifs is 6. The van der Waals surface area contributed by atoms with Crippen LogP contribution in [0.3, 0.4) is 0 Å². The van der Waals surface area contributed by atoms with Crippen molar-refractivity contribution in [3.05, 3.63) is 180 Å². The van der Waals surface area contributed by atoms with Crippen molar-refractivity contribution in [2.24, 2.45) is 10.7 Å². The molecule has 0 aliphatic heterocycles. The molecular formula is C50H41N5S. The van der Waals surface area contributed by atoms with Crippen LogP contribution in [0.15, 0.2) is 168 Å². The lowest BCUT2D eigenvalue weighted by molar-refractivity contribution is 0.996. The van der Waals surface area contributed by atoms with E-state index < -0.39 is 0 Å². The number of allylic oxidation sites excluding steroid dienone is 5. The number of nitrogens with zero attached hydrogens (tertiary/aromatic N) is 3. The third kappa shape index (κ3) is 6.96. The third-order valence-electron chi connectivity index (χ3n) is 10.7. The van der Waals surface area contributed by atoms with E-state index in [0.717, 1.165) is 71.6 Å². The molecule has 5 nitrogen and oxygen atoms in total. The van der Waals surface area contributed by atoms with Gasteiger partial charge in [0.05, 0.1) is 11.4 Å². The summed E-state index contributed by atoms with van der Waals surface area (Å²) in [6.45, 7) is 2.20. The molecule has 0 radical (unpaired) electrons. The maximum atomic E-state index is 7.91. The van der Waals surface area contributed by atoms with E-state index in [9.17, 15) is 0 Å². The Hall–Kier alpha value is -6.50. The maximum Gasteiger partial charge on any atom is 0.160 e. The number of nitrogens with two attached hydrogens (primary N) is 1. The van der Waals surface area contributed by atoms with Crippen molar-refractivity contribution in [3.8, 4) is 45.0 Å². The normalized spacial score (nSPS) is 14.5. The van der Waals surface area contributed by atoms with Crippen molar-refractivity contribution in [2.45, 2.75) is 39.0 Å². The molecule has 7 aromatic rings. The molecule has 3 aliphatic rings. The van der Waals surface area contributed by atoms with E-state index in [2.05, 4.69) is 145 Å². The molecule has 0 fully saturated rings. The minimum atomic E-state index is 0.284. The first-order valence-electron chi connectivity index (χ1n) is 19.2. The number of benzene rings is 5. The summed E-state index contributed by atoms with van der Waals surface area (Å²) in [5, 5.41) is 10.6. The zero-order valence-electron chi connectivity index (χ0n) is 31.3. The lowest BCUT2D eigenvalue weighted by Gasteiger charge is -2.11. The Morgan fingerprint density at radius 2 is 1.52 bits per heavy atom. The highest BCUT2D eigenvalue weighted by Gasteiger charge is 2.25. The SMILES string of the molecule is Cc1cccc2sc3ccc(-c4ccc(-c5nc(-c6ccccc6)c6c(n5)-c5ccccc5C6)cc4)cc3c12.N=C(N=C(N)C1=CCCC=C1)C1=CC=CCC1. The number of aromatic nitrogens is 2. The van der Waals surface area contributed by atoms with E-state index in [-0.39, 0.29) is 5.84 Å². The molecule has 2 aromatic heterocycles. The lowest BCUT2D eigenvalue weighted by Crippen LogP contribution is -2.17. The van der Waals surface area contributed by atoms with E-state index in [0.29, 0.717) is 5.84 Å². The molecule has 6 heteroatoms. The summed E-state index contributed by atoms with van der Waals surface area (Å²) in [7, 11) is 0. The van der Waals surface area contributed by atoms with Crippen molar-refractivity contribution in [1.82, 2.24) is 9.97 Å². The maximum absolute atomic E-state index is 7.91. The van der Waals surface area contributed by atoms with Gasteiger partial charge in [0.15, 0.2) is 5.82 Å². The van der Waals surface area contributed by atoms with E-state index in [1.165, 1.54) is 53.6 Å². The van der Waals surface area contributed by atoms with Gasteiger partial charge in [0, 0.05) is 54.4 Å². The Morgan fingerprint density at radius 1 is 0.732 bits per heavy atom. The number of hydrogen-bond acceptors (Lipinski definition) is 4. The summed E-state index contributed by atoms with van der Waals surface area (Å²) >= 11 is 1.87. The summed E-state index contributed by atoms with van der Waals surface area (Å²) in [5.41, 5.74) is 19.6. The van der Waals surface area contributed by atoms with Gasteiger partial charge in [-0.2, -0.15) is 0 Å². The topological polar surface area (TPSA) is 88.0 Å². The number of rotatable bonds is 5. The molecule has 0 bridgehead atoms. The van der Waals surface area contributed by atoms with Gasteiger partial charge in [0.2, 0.25) is 0 Å². The van der Waals surface area contributed by atoms with Gasteiger partial charge in [-0.3, -0.25) is 5.41 Å². The van der Waals surface area contributed by atoms with Crippen LogP contribution in [-0.2, 0) is 6.42 Å². The quantitative estimate of drug-likeness (QED) is 0.136. The van der Waals surface area contributed by atoms with Crippen LogP contribution in [0.1, 0.15) is 42.4 Å². The van der Waals surface area contributed by atoms with Gasteiger partial charge in [-0.25, -0.2) is 15.0 Å². The van der Waals surface area contributed by atoms with Crippen LogP contribution >= 0.6 is 11.3 Å². The molecule has 0 saturated heterocycles. The third-order valence-corrected chi connectivity index (χ3v) is 11.9. The molecule has 56 heavy (non-hydrogen) atoms. The minimum absolute atomic E-state index is 0.284. The van der Waals surface area contributed by atoms with Crippen molar-refractivity contribution in [1.29, 1.82) is 5.41 Å². The Kier molecular flexibility index (Phi) is 9.64. The van der Waals surface area contributed by atoms with E-state index in [4.69, 9.17) is 21.1 Å². The Bertz CT molecular complexity index is 2800. The van der Waals surface area contributed by atoms with Gasteiger partial charge in [0.1, 0.15) is 11.7 Å². The van der Waals surface area contributed by atoms with Crippen molar-refractivity contribution >= 4 is 43.2 Å². The van der Waals surface area contributed by atoms with Gasteiger partial charge in [-0.1, -0.05) is 134 Å². The van der Waals surface area contributed by atoms with Crippen molar-refractivity contribution in [2.75, 3.05) is 0 Å². The van der Waals surface area contributed by atoms with Crippen LogP contribution in [0.2, 0.25) is 0 Å². The molecule has 10 rings (SSSR count). The lowest BCUT2D eigenvalue weighted by atomic mass is 10.00. The fourth-order valence-electron chi connectivity index (χ4n) is 7.79. The van der Waals surface area contributed by atoms with Gasteiger partial charge >= 0.3 is 0 Å². The Balaban J connectivity index is 0.000000203. The number of hydrogen-bond donors (Lipinski definition) is 2. The fraction of sp³-hybridized carbons (Fsp3) is 0.120. The molecule has 3 aliphatic carbocycles. The zero-order valence-corrected chi connectivity index (χ0v) is 32.1. The largest absolute Gasteiger partial charge is 0.383 e. The molecular weight excluding hydrogens is 703 g/mol. The van der Waals surface area contributed by atoms with Crippen LogP contribution in [0, 0.1) is 12.3 Å². The highest BCUT2D eigenvalue weighted by molar-refractivity contribution is 7.25. The van der Waals surface area contributed by atoms with E-state index >= 15 is 0 Å². The number of thiophene rings is 1. The van der Waals surface area contributed by atoms with Gasteiger partial charge in [-0.15, -0.1) is 11.3 Å². The molecule has 0 unspecified atom stereocenters. The van der Waals surface area contributed by atoms with Crippen LogP contribution in [0.5, 0.6) is 0 Å².